The van der Waals surface area contributed by atoms with Crippen molar-refractivity contribution in [3.8, 4) is 0 Å². The lowest BCUT2D eigenvalue weighted by atomic mass is 10.1. The average Bonchev–Trinajstić information content (AvgIpc) is 2.46. The fourth-order valence-corrected chi connectivity index (χ4v) is 1.91. The fraction of sp³-hybridized carbons (Fsp3) is 0.118. The first kappa shape index (κ1) is 14.0. The van der Waals surface area contributed by atoms with Crippen LogP contribution in [-0.4, -0.2) is 5.91 Å². The Labute approximate surface area is 118 Å². The highest BCUT2D eigenvalue weighted by Crippen LogP contribution is 2.15. The first-order chi connectivity index (χ1) is 9.69. The van der Waals surface area contributed by atoms with Crippen LogP contribution in [0.4, 0.5) is 10.1 Å². The van der Waals surface area contributed by atoms with Crippen LogP contribution >= 0.6 is 0 Å². The lowest BCUT2D eigenvalue weighted by Crippen LogP contribution is -2.09. The summed E-state index contributed by atoms with van der Waals surface area (Å²) in [6, 6.07) is 13.8. The molecule has 0 bridgehead atoms. The van der Waals surface area contributed by atoms with Gasteiger partial charge in [-0.3, -0.25) is 4.79 Å². The van der Waals surface area contributed by atoms with E-state index in [1.807, 2.05) is 31.2 Å². The van der Waals surface area contributed by atoms with Gasteiger partial charge in [-0.05, 0) is 41.8 Å². The predicted octanol–water partition coefficient (Wildman–Crippen LogP) is 4.04. The van der Waals surface area contributed by atoms with Gasteiger partial charge < -0.3 is 5.32 Å². The number of carbonyl (C=O) groups excluding carboxylic acids is 1. The van der Waals surface area contributed by atoms with E-state index in [-0.39, 0.29) is 11.7 Å². The normalized spacial score (nSPS) is 10.7. The second kappa shape index (κ2) is 6.66. The van der Waals surface area contributed by atoms with Crippen molar-refractivity contribution in [2.45, 2.75) is 13.3 Å². The number of carbonyl (C=O) groups is 1. The van der Waals surface area contributed by atoms with E-state index in [2.05, 4.69) is 5.32 Å². The Morgan fingerprint density at radius 3 is 2.75 bits per heavy atom. The molecule has 2 rings (SSSR count). The van der Waals surface area contributed by atoms with Crippen LogP contribution in [0.1, 0.15) is 18.1 Å². The highest BCUT2D eigenvalue weighted by Gasteiger charge is 2.02. The van der Waals surface area contributed by atoms with Gasteiger partial charge in [0.15, 0.2) is 0 Å². The zero-order valence-electron chi connectivity index (χ0n) is 11.3. The smallest absolute Gasteiger partial charge is 0.248 e. The van der Waals surface area contributed by atoms with Gasteiger partial charge in [-0.15, -0.1) is 0 Å². The maximum absolute atomic E-state index is 13.0. The predicted molar refractivity (Wildman–Crippen MR) is 79.9 cm³/mol. The molecule has 0 aliphatic carbocycles. The van der Waals surface area contributed by atoms with Crippen LogP contribution in [-0.2, 0) is 11.2 Å². The molecule has 20 heavy (non-hydrogen) atoms. The van der Waals surface area contributed by atoms with Gasteiger partial charge in [-0.1, -0.05) is 37.3 Å². The molecule has 0 saturated carbocycles. The number of hydrogen-bond donors (Lipinski definition) is 1. The maximum atomic E-state index is 13.0. The SMILES string of the molecule is CCc1ccccc1NC(=O)/C=C/c1cccc(F)c1. The molecule has 1 amide bonds. The average molecular weight is 269 g/mol. The minimum absolute atomic E-state index is 0.227. The second-order valence-corrected chi connectivity index (χ2v) is 4.39. The third kappa shape index (κ3) is 3.79. The summed E-state index contributed by atoms with van der Waals surface area (Å²) in [6.45, 7) is 2.04. The summed E-state index contributed by atoms with van der Waals surface area (Å²) in [5.41, 5.74) is 2.55. The number of rotatable bonds is 4. The van der Waals surface area contributed by atoms with Gasteiger partial charge in [0.25, 0.3) is 0 Å². The number of benzene rings is 2. The van der Waals surface area contributed by atoms with Gasteiger partial charge >= 0.3 is 0 Å². The van der Waals surface area contributed by atoms with Gasteiger partial charge in [0.05, 0.1) is 0 Å². The van der Waals surface area contributed by atoms with Crippen LogP contribution in [0.15, 0.2) is 54.6 Å². The Bertz CT molecular complexity index is 634. The molecular weight excluding hydrogens is 253 g/mol. The molecule has 2 nitrogen and oxygen atoms in total. The molecule has 0 aliphatic rings. The van der Waals surface area contributed by atoms with E-state index in [1.165, 1.54) is 18.2 Å². The number of para-hydroxylation sites is 1. The lowest BCUT2D eigenvalue weighted by molar-refractivity contribution is -0.111. The van der Waals surface area contributed by atoms with E-state index >= 15 is 0 Å². The number of amides is 1. The third-order valence-corrected chi connectivity index (χ3v) is 2.93. The summed E-state index contributed by atoms with van der Waals surface area (Å²) in [7, 11) is 0. The number of anilines is 1. The van der Waals surface area contributed by atoms with Crippen molar-refractivity contribution < 1.29 is 9.18 Å². The van der Waals surface area contributed by atoms with Crippen molar-refractivity contribution in [2.24, 2.45) is 0 Å². The highest BCUT2D eigenvalue weighted by molar-refractivity contribution is 6.02. The molecular formula is C17H16FNO. The molecule has 0 radical (unpaired) electrons. The van der Waals surface area contributed by atoms with E-state index in [0.29, 0.717) is 5.56 Å². The van der Waals surface area contributed by atoms with Crippen molar-refractivity contribution >= 4 is 17.7 Å². The number of halogens is 1. The Morgan fingerprint density at radius 2 is 2.00 bits per heavy atom. The van der Waals surface area contributed by atoms with Crippen molar-refractivity contribution in [1.29, 1.82) is 0 Å². The molecule has 2 aromatic rings. The standard InChI is InChI=1S/C17H16FNO/c1-2-14-7-3-4-9-16(14)19-17(20)11-10-13-6-5-8-15(18)12-13/h3-12H,2H2,1H3,(H,19,20)/b11-10+. The molecule has 0 aromatic heterocycles. The van der Waals surface area contributed by atoms with Crippen LogP contribution in [0.25, 0.3) is 6.08 Å². The molecule has 0 unspecified atom stereocenters. The van der Waals surface area contributed by atoms with Gasteiger partial charge in [0, 0.05) is 11.8 Å². The number of hydrogen-bond acceptors (Lipinski definition) is 1. The van der Waals surface area contributed by atoms with Crippen LogP contribution < -0.4 is 5.32 Å². The highest BCUT2D eigenvalue weighted by atomic mass is 19.1. The third-order valence-electron chi connectivity index (χ3n) is 2.93. The zero-order valence-corrected chi connectivity index (χ0v) is 11.3. The van der Waals surface area contributed by atoms with Crippen molar-refractivity contribution in [1.82, 2.24) is 0 Å². The van der Waals surface area contributed by atoms with Crippen LogP contribution in [0, 0.1) is 5.82 Å². The monoisotopic (exact) mass is 269 g/mol. The molecule has 0 spiro atoms. The first-order valence-electron chi connectivity index (χ1n) is 6.51. The van der Waals surface area contributed by atoms with E-state index < -0.39 is 0 Å². The van der Waals surface area contributed by atoms with Crippen LogP contribution in [0.5, 0.6) is 0 Å². The van der Waals surface area contributed by atoms with E-state index in [0.717, 1.165) is 17.7 Å². The molecule has 2 aromatic carbocycles. The summed E-state index contributed by atoms with van der Waals surface area (Å²) in [6.07, 6.45) is 3.85. The Morgan fingerprint density at radius 1 is 1.20 bits per heavy atom. The lowest BCUT2D eigenvalue weighted by Gasteiger charge is -2.07. The number of aryl methyl sites for hydroxylation is 1. The van der Waals surface area contributed by atoms with Crippen molar-refractivity contribution in [3.63, 3.8) is 0 Å². The molecule has 102 valence electrons. The van der Waals surface area contributed by atoms with Crippen molar-refractivity contribution in [2.75, 3.05) is 5.32 Å². The summed E-state index contributed by atoms with van der Waals surface area (Å²) >= 11 is 0. The largest absolute Gasteiger partial charge is 0.322 e. The second-order valence-electron chi connectivity index (χ2n) is 4.39. The quantitative estimate of drug-likeness (QED) is 0.834. The van der Waals surface area contributed by atoms with E-state index in [1.54, 1.807) is 18.2 Å². The molecule has 0 fully saturated rings. The summed E-state index contributed by atoms with van der Waals surface area (Å²) in [5.74, 6) is -0.543. The molecule has 0 aliphatic heterocycles. The molecule has 0 saturated heterocycles. The van der Waals surface area contributed by atoms with Gasteiger partial charge in [0.1, 0.15) is 5.82 Å². The number of nitrogens with one attached hydrogen (secondary N) is 1. The fourth-order valence-electron chi connectivity index (χ4n) is 1.91. The van der Waals surface area contributed by atoms with Crippen molar-refractivity contribution in [3.05, 3.63) is 71.6 Å². The molecule has 0 atom stereocenters. The Hall–Kier alpha value is -2.42. The van der Waals surface area contributed by atoms with Gasteiger partial charge in [-0.25, -0.2) is 4.39 Å². The molecule has 3 heteroatoms. The molecule has 1 N–H and O–H groups in total. The summed E-state index contributed by atoms with van der Waals surface area (Å²) in [4.78, 5) is 11.8. The zero-order chi connectivity index (χ0) is 14.4. The minimum Gasteiger partial charge on any atom is -0.322 e. The summed E-state index contributed by atoms with van der Waals surface area (Å²) < 4.78 is 13.0. The minimum atomic E-state index is -0.316. The van der Waals surface area contributed by atoms with Gasteiger partial charge in [0.2, 0.25) is 5.91 Å². The maximum Gasteiger partial charge on any atom is 0.248 e. The van der Waals surface area contributed by atoms with E-state index in [4.69, 9.17) is 0 Å². The van der Waals surface area contributed by atoms with E-state index in [9.17, 15) is 9.18 Å². The Kier molecular flexibility index (Phi) is 4.66. The van der Waals surface area contributed by atoms with Crippen LogP contribution in [0.3, 0.4) is 0 Å². The summed E-state index contributed by atoms with van der Waals surface area (Å²) in [5, 5.41) is 2.83. The first-order valence-corrected chi connectivity index (χ1v) is 6.51. The van der Waals surface area contributed by atoms with Gasteiger partial charge in [-0.2, -0.15) is 0 Å². The van der Waals surface area contributed by atoms with Crippen LogP contribution in [0.2, 0.25) is 0 Å². The Balaban J connectivity index is 2.06. The topological polar surface area (TPSA) is 29.1 Å². The molecule has 0 heterocycles.